The van der Waals surface area contributed by atoms with Crippen LogP contribution in [0.2, 0.25) is 5.02 Å². The Morgan fingerprint density at radius 1 is 1.05 bits per heavy atom. The molecule has 3 heteroatoms. The van der Waals surface area contributed by atoms with Crippen LogP contribution >= 0.6 is 11.6 Å². The van der Waals surface area contributed by atoms with Gasteiger partial charge in [-0.1, -0.05) is 53.8 Å². The molecular weight excluding hydrogens is 272 g/mol. The number of rotatable bonds is 4. The first-order chi connectivity index (χ1) is 9.79. The minimum absolute atomic E-state index is 0.132. The molecule has 0 aliphatic heterocycles. The van der Waals surface area contributed by atoms with Crippen LogP contribution < -0.4 is 0 Å². The normalized spacial score (nSPS) is 9.90. The fourth-order valence-electron chi connectivity index (χ4n) is 1.77. The molecule has 0 saturated carbocycles. The number of hydrogen-bond acceptors (Lipinski definition) is 2. The Bertz CT molecular complexity index is 626. The van der Waals surface area contributed by atoms with E-state index in [0.717, 1.165) is 21.7 Å². The summed E-state index contributed by atoms with van der Waals surface area (Å²) < 4.78 is 5.66. The largest absolute Gasteiger partial charge is 0.384 e. The molecule has 0 aliphatic carbocycles. The Hall–Kier alpha value is -1.79. The second kappa shape index (κ2) is 7.72. The summed E-state index contributed by atoms with van der Waals surface area (Å²) in [5, 5.41) is 9.40. The minimum Gasteiger partial charge on any atom is -0.384 e. The summed E-state index contributed by atoms with van der Waals surface area (Å²) in [5.41, 5.74) is 2.89. The summed E-state index contributed by atoms with van der Waals surface area (Å²) in [4.78, 5) is 0. The van der Waals surface area contributed by atoms with E-state index >= 15 is 0 Å². The van der Waals surface area contributed by atoms with Gasteiger partial charge in [0.2, 0.25) is 0 Å². The van der Waals surface area contributed by atoms with E-state index in [4.69, 9.17) is 21.4 Å². The number of hydrogen-bond donors (Lipinski definition) is 1. The molecule has 2 aromatic rings. The molecule has 1 N–H and O–H groups in total. The molecule has 2 nitrogen and oxygen atoms in total. The molecule has 0 radical (unpaired) electrons. The topological polar surface area (TPSA) is 29.5 Å². The van der Waals surface area contributed by atoms with Crippen LogP contribution in [0.5, 0.6) is 0 Å². The Balaban J connectivity index is 1.93. The van der Waals surface area contributed by atoms with Crippen molar-refractivity contribution in [2.24, 2.45) is 0 Å². The lowest BCUT2D eigenvalue weighted by atomic mass is 10.1. The van der Waals surface area contributed by atoms with E-state index < -0.39 is 0 Å². The summed E-state index contributed by atoms with van der Waals surface area (Å²) in [6, 6.07) is 15.4. The smallest absolute Gasteiger partial charge is 0.104 e. The highest BCUT2D eigenvalue weighted by Crippen LogP contribution is 2.16. The van der Waals surface area contributed by atoms with Gasteiger partial charge < -0.3 is 9.84 Å². The van der Waals surface area contributed by atoms with Gasteiger partial charge in [0.05, 0.1) is 13.2 Å². The van der Waals surface area contributed by atoms with Crippen LogP contribution in [0.3, 0.4) is 0 Å². The maximum absolute atomic E-state index is 8.68. The van der Waals surface area contributed by atoms with Crippen molar-refractivity contribution in [3.8, 4) is 11.8 Å². The average molecular weight is 287 g/mol. The van der Waals surface area contributed by atoms with Gasteiger partial charge in [0, 0.05) is 10.6 Å². The van der Waals surface area contributed by atoms with E-state index in [1.807, 2.05) is 48.5 Å². The second-order valence-electron chi connectivity index (χ2n) is 4.24. The van der Waals surface area contributed by atoms with Crippen molar-refractivity contribution in [2.45, 2.75) is 13.2 Å². The van der Waals surface area contributed by atoms with Gasteiger partial charge in [-0.05, 0) is 29.3 Å². The predicted octanol–water partition coefficient (Wildman–Crippen LogP) is 3.40. The Morgan fingerprint density at radius 3 is 2.70 bits per heavy atom. The molecular formula is C17H15ClO2. The maximum atomic E-state index is 8.68. The van der Waals surface area contributed by atoms with Crippen LogP contribution in [0, 0.1) is 11.8 Å². The van der Waals surface area contributed by atoms with E-state index in [1.54, 1.807) is 0 Å². The highest BCUT2D eigenvalue weighted by Gasteiger charge is 2.00. The monoisotopic (exact) mass is 286 g/mol. The Kier molecular flexibility index (Phi) is 5.64. The quantitative estimate of drug-likeness (QED) is 0.873. The van der Waals surface area contributed by atoms with Crippen LogP contribution in [0.25, 0.3) is 0 Å². The first-order valence-corrected chi connectivity index (χ1v) is 6.67. The van der Waals surface area contributed by atoms with Crippen molar-refractivity contribution in [3.05, 3.63) is 70.2 Å². The van der Waals surface area contributed by atoms with Gasteiger partial charge in [-0.25, -0.2) is 0 Å². The summed E-state index contributed by atoms with van der Waals surface area (Å²) >= 11 is 6.07. The van der Waals surface area contributed by atoms with Crippen molar-refractivity contribution in [1.29, 1.82) is 0 Å². The molecule has 2 rings (SSSR count). The van der Waals surface area contributed by atoms with Crippen molar-refractivity contribution in [1.82, 2.24) is 0 Å². The van der Waals surface area contributed by atoms with Gasteiger partial charge in [-0.15, -0.1) is 0 Å². The molecule has 102 valence electrons. The van der Waals surface area contributed by atoms with Crippen molar-refractivity contribution < 1.29 is 9.84 Å². The molecule has 20 heavy (non-hydrogen) atoms. The molecule has 0 aromatic heterocycles. The molecule has 0 unspecified atom stereocenters. The highest BCUT2D eigenvalue weighted by molar-refractivity contribution is 6.31. The van der Waals surface area contributed by atoms with E-state index in [1.165, 1.54) is 0 Å². The van der Waals surface area contributed by atoms with Crippen LogP contribution in [-0.4, -0.2) is 11.7 Å². The number of aliphatic hydroxyl groups is 1. The van der Waals surface area contributed by atoms with E-state index in [0.29, 0.717) is 13.2 Å². The standard InChI is InChI=1S/C17H15ClO2/c18-17-9-2-1-8-16(17)13-20-12-15-6-3-5-14(11-15)7-4-10-19/h1-3,5-6,8-9,11,19H,10,12-13H2. The van der Waals surface area contributed by atoms with Gasteiger partial charge in [0.15, 0.2) is 0 Å². The van der Waals surface area contributed by atoms with E-state index in [2.05, 4.69) is 11.8 Å². The summed E-state index contributed by atoms with van der Waals surface area (Å²) in [6.45, 7) is 0.847. The number of benzene rings is 2. The van der Waals surface area contributed by atoms with Crippen LogP contribution in [0.15, 0.2) is 48.5 Å². The zero-order valence-corrected chi connectivity index (χ0v) is 11.7. The summed E-state index contributed by atoms with van der Waals surface area (Å²) in [5.74, 6) is 5.50. The van der Waals surface area contributed by atoms with Crippen molar-refractivity contribution >= 4 is 11.6 Å². The predicted molar refractivity (Wildman–Crippen MR) is 80.4 cm³/mol. The molecule has 0 heterocycles. The van der Waals surface area contributed by atoms with Crippen LogP contribution in [0.1, 0.15) is 16.7 Å². The summed E-state index contributed by atoms with van der Waals surface area (Å²) in [7, 11) is 0. The lowest BCUT2D eigenvalue weighted by Crippen LogP contribution is -1.95. The molecule has 0 fully saturated rings. The molecule has 0 saturated heterocycles. The van der Waals surface area contributed by atoms with Crippen LogP contribution in [-0.2, 0) is 18.0 Å². The van der Waals surface area contributed by atoms with Crippen molar-refractivity contribution in [2.75, 3.05) is 6.61 Å². The zero-order valence-electron chi connectivity index (χ0n) is 11.0. The molecule has 0 atom stereocenters. The third-order valence-corrected chi connectivity index (χ3v) is 3.09. The number of halogens is 1. The SMILES string of the molecule is OCC#Cc1cccc(COCc2ccccc2Cl)c1. The first-order valence-electron chi connectivity index (χ1n) is 6.29. The third kappa shape index (κ3) is 4.40. The van der Waals surface area contributed by atoms with E-state index in [-0.39, 0.29) is 6.61 Å². The zero-order chi connectivity index (χ0) is 14.2. The Labute approximate surface area is 124 Å². The maximum Gasteiger partial charge on any atom is 0.104 e. The fourth-order valence-corrected chi connectivity index (χ4v) is 1.97. The highest BCUT2D eigenvalue weighted by atomic mass is 35.5. The van der Waals surface area contributed by atoms with E-state index in [9.17, 15) is 0 Å². The lowest BCUT2D eigenvalue weighted by molar-refractivity contribution is 0.107. The molecule has 0 spiro atoms. The molecule has 0 aliphatic rings. The number of aliphatic hydroxyl groups excluding tert-OH is 1. The number of ether oxygens (including phenoxy) is 1. The van der Waals surface area contributed by atoms with Crippen molar-refractivity contribution in [3.63, 3.8) is 0 Å². The molecule has 0 amide bonds. The third-order valence-electron chi connectivity index (χ3n) is 2.72. The van der Waals surface area contributed by atoms with Crippen LogP contribution in [0.4, 0.5) is 0 Å². The fraction of sp³-hybridized carbons (Fsp3) is 0.176. The first kappa shape index (κ1) is 14.6. The van der Waals surface area contributed by atoms with Gasteiger partial charge in [-0.2, -0.15) is 0 Å². The lowest BCUT2D eigenvalue weighted by Gasteiger charge is -2.06. The molecule has 2 aromatic carbocycles. The minimum atomic E-state index is -0.132. The Morgan fingerprint density at radius 2 is 1.90 bits per heavy atom. The average Bonchev–Trinajstić information content (AvgIpc) is 2.48. The summed E-state index contributed by atoms with van der Waals surface area (Å²) in [6.07, 6.45) is 0. The van der Waals surface area contributed by atoms with Gasteiger partial charge in [0.1, 0.15) is 6.61 Å². The van der Waals surface area contributed by atoms with Gasteiger partial charge >= 0.3 is 0 Å². The second-order valence-corrected chi connectivity index (χ2v) is 4.65. The van der Waals surface area contributed by atoms with Gasteiger partial charge in [0.25, 0.3) is 0 Å². The van der Waals surface area contributed by atoms with Gasteiger partial charge in [-0.3, -0.25) is 0 Å². The molecule has 0 bridgehead atoms.